The molecular weight excluding hydrogens is 256 g/mol. The van der Waals surface area contributed by atoms with E-state index in [1.165, 1.54) is 64.3 Å². The predicted octanol–water partition coefficient (Wildman–Crippen LogP) is 4.45. The summed E-state index contributed by atoms with van der Waals surface area (Å²) in [6.45, 7) is 8.48. The quantitative estimate of drug-likeness (QED) is 0.824. The van der Waals surface area contributed by atoms with Crippen LogP contribution in [0.2, 0.25) is 0 Å². The van der Waals surface area contributed by atoms with Crippen LogP contribution in [0.3, 0.4) is 0 Å². The summed E-state index contributed by atoms with van der Waals surface area (Å²) in [6, 6.07) is 0.734. The van der Waals surface area contributed by atoms with E-state index in [0.29, 0.717) is 11.0 Å². The molecule has 0 saturated heterocycles. The molecule has 2 saturated carbocycles. The molecule has 0 radical (unpaired) electrons. The highest BCUT2D eigenvalue weighted by Gasteiger charge is 2.38. The first-order valence-electron chi connectivity index (χ1n) is 9.26. The van der Waals surface area contributed by atoms with E-state index in [0.717, 1.165) is 12.0 Å². The lowest BCUT2D eigenvalue weighted by molar-refractivity contribution is 0.0735. The van der Waals surface area contributed by atoms with Crippen LogP contribution in [-0.4, -0.2) is 37.1 Å². The number of hydrogen-bond acceptors (Lipinski definition) is 2. The molecular formula is C19H38N2. The average molecular weight is 295 g/mol. The van der Waals surface area contributed by atoms with E-state index in [-0.39, 0.29) is 0 Å². The van der Waals surface area contributed by atoms with Crippen LogP contribution in [-0.2, 0) is 0 Å². The van der Waals surface area contributed by atoms with Gasteiger partial charge in [-0.15, -0.1) is 0 Å². The lowest BCUT2D eigenvalue weighted by Crippen LogP contribution is -2.56. The normalized spacial score (nSPS) is 30.6. The Morgan fingerprint density at radius 3 is 2.14 bits per heavy atom. The fourth-order valence-corrected chi connectivity index (χ4v) is 4.72. The first-order valence-corrected chi connectivity index (χ1v) is 9.26. The van der Waals surface area contributed by atoms with Gasteiger partial charge in [0.1, 0.15) is 0 Å². The molecule has 0 aromatic heterocycles. The summed E-state index contributed by atoms with van der Waals surface area (Å²) in [5, 5.41) is 4.03. The molecule has 2 rings (SSSR count). The van der Waals surface area contributed by atoms with Crippen LogP contribution in [0.1, 0.15) is 78.6 Å². The SMILES string of the molecule is CN(C)C1(CNC2CCCCC2C(C)(C)C)CCCCC1. The van der Waals surface area contributed by atoms with Gasteiger partial charge in [0, 0.05) is 18.1 Å². The molecule has 2 aliphatic rings. The number of hydrogen-bond donors (Lipinski definition) is 1. The predicted molar refractivity (Wildman–Crippen MR) is 92.7 cm³/mol. The van der Waals surface area contributed by atoms with Crippen LogP contribution < -0.4 is 5.32 Å². The molecule has 2 aliphatic carbocycles. The van der Waals surface area contributed by atoms with Gasteiger partial charge in [0.15, 0.2) is 0 Å². The highest BCUT2D eigenvalue weighted by Crippen LogP contribution is 2.39. The average Bonchev–Trinajstić information content (AvgIpc) is 2.45. The van der Waals surface area contributed by atoms with E-state index in [2.05, 4.69) is 45.1 Å². The van der Waals surface area contributed by atoms with Crippen molar-refractivity contribution in [1.29, 1.82) is 0 Å². The van der Waals surface area contributed by atoms with E-state index < -0.39 is 0 Å². The molecule has 2 unspecified atom stereocenters. The molecule has 2 atom stereocenters. The van der Waals surface area contributed by atoms with Crippen molar-refractivity contribution in [3.8, 4) is 0 Å². The highest BCUT2D eigenvalue weighted by atomic mass is 15.2. The molecule has 0 heterocycles. The molecule has 0 spiro atoms. The zero-order valence-electron chi connectivity index (χ0n) is 15.2. The monoisotopic (exact) mass is 294 g/mol. The third-order valence-electron chi connectivity index (χ3n) is 6.30. The van der Waals surface area contributed by atoms with Gasteiger partial charge in [0.25, 0.3) is 0 Å². The Bertz CT molecular complexity index is 310. The first-order chi connectivity index (χ1) is 9.85. The molecule has 2 fully saturated rings. The topological polar surface area (TPSA) is 15.3 Å². The number of rotatable bonds is 4. The van der Waals surface area contributed by atoms with Crippen LogP contribution in [0.4, 0.5) is 0 Å². The van der Waals surface area contributed by atoms with Gasteiger partial charge in [-0.1, -0.05) is 52.9 Å². The van der Waals surface area contributed by atoms with Gasteiger partial charge in [-0.3, -0.25) is 0 Å². The van der Waals surface area contributed by atoms with Gasteiger partial charge in [-0.25, -0.2) is 0 Å². The summed E-state index contributed by atoms with van der Waals surface area (Å²) in [5.41, 5.74) is 0.855. The minimum atomic E-state index is 0.415. The summed E-state index contributed by atoms with van der Waals surface area (Å²) in [4.78, 5) is 2.51. The lowest BCUT2D eigenvalue weighted by atomic mass is 9.69. The summed E-state index contributed by atoms with van der Waals surface area (Å²) >= 11 is 0. The van der Waals surface area contributed by atoms with E-state index in [1.54, 1.807) is 0 Å². The van der Waals surface area contributed by atoms with Gasteiger partial charge in [0.05, 0.1) is 0 Å². The molecule has 0 aliphatic heterocycles. The standard InChI is InChI=1S/C19H38N2/c1-18(2,3)16-11-7-8-12-17(16)20-15-19(21(4)5)13-9-6-10-14-19/h16-17,20H,6-15H2,1-5H3. The Hall–Kier alpha value is -0.0800. The van der Waals surface area contributed by atoms with Crippen LogP contribution in [0.15, 0.2) is 0 Å². The van der Waals surface area contributed by atoms with Gasteiger partial charge in [-0.05, 0) is 51.1 Å². The molecule has 21 heavy (non-hydrogen) atoms. The van der Waals surface area contributed by atoms with Crippen molar-refractivity contribution in [2.24, 2.45) is 11.3 Å². The second-order valence-corrected chi connectivity index (χ2v) is 8.92. The maximum absolute atomic E-state index is 4.03. The lowest BCUT2D eigenvalue weighted by Gasteiger charge is -2.47. The third kappa shape index (κ3) is 4.22. The Balaban J connectivity index is 1.98. The molecule has 2 nitrogen and oxygen atoms in total. The number of nitrogens with one attached hydrogen (secondary N) is 1. The molecule has 124 valence electrons. The van der Waals surface area contributed by atoms with E-state index in [4.69, 9.17) is 0 Å². The molecule has 1 N–H and O–H groups in total. The van der Waals surface area contributed by atoms with Gasteiger partial charge in [0.2, 0.25) is 0 Å². The van der Waals surface area contributed by atoms with Crippen molar-refractivity contribution < 1.29 is 0 Å². The van der Waals surface area contributed by atoms with Crippen molar-refractivity contribution in [2.75, 3.05) is 20.6 Å². The Labute approximate surface area is 133 Å². The van der Waals surface area contributed by atoms with Crippen molar-refractivity contribution >= 4 is 0 Å². The molecule has 0 aromatic carbocycles. The summed E-state index contributed by atoms with van der Waals surface area (Å²) in [5.74, 6) is 0.842. The van der Waals surface area contributed by atoms with Crippen LogP contribution in [0.25, 0.3) is 0 Å². The van der Waals surface area contributed by atoms with E-state index in [9.17, 15) is 0 Å². The van der Waals surface area contributed by atoms with E-state index in [1.807, 2.05) is 0 Å². The van der Waals surface area contributed by atoms with Gasteiger partial charge in [-0.2, -0.15) is 0 Å². The Kier molecular flexibility index (Phi) is 5.76. The van der Waals surface area contributed by atoms with Crippen LogP contribution in [0, 0.1) is 11.3 Å². The summed E-state index contributed by atoms with van der Waals surface area (Å²) < 4.78 is 0. The van der Waals surface area contributed by atoms with Crippen LogP contribution in [0.5, 0.6) is 0 Å². The second-order valence-electron chi connectivity index (χ2n) is 8.92. The second kappa shape index (κ2) is 7.00. The molecule has 0 amide bonds. The zero-order chi connectivity index (χ0) is 15.5. The van der Waals surface area contributed by atoms with Gasteiger partial charge < -0.3 is 10.2 Å². The van der Waals surface area contributed by atoms with Crippen molar-refractivity contribution in [1.82, 2.24) is 10.2 Å². The van der Waals surface area contributed by atoms with Gasteiger partial charge >= 0.3 is 0 Å². The minimum Gasteiger partial charge on any atom is -0.312 e. The molecule has 2 heteroatoms. The fraction of sp³-hybridized carbons (Fsp3) is 1.00. The fourth-order valence-electron chi connectivity index (χ4n) is 4.72. The third-order valence-corrected chi connectivity index (χ3v) is 6.30. The van der Waals surface area contributed by atoms with Crippen molar-refractivity contribution in [3.63, 3.8) is 0 Å². The van der Waals surface area contributed by atoms with Crippen molar-refractivity contribution in [3.05, 3.63) is 0 Å². The van der Waals surface area contributed by atoms with E-state index >= 15 is 0 Å². The summed E-state index contributed by atoms with van der Waals surface area (Å²) in [7, 11) is 4.57. The first kappa shape index (κ1) is 17.3. The van der Waals surface area contributed by atoms with Crippen LogP contribution >= 0.6 is 0 Å². The van der Waals surface area contributed by atoms with Crippen molar-refractivity contribution in [2.45, 2.75) is 90.1 Å². The maximum atomic E-state index is 4.03. The minimum absolute atomic E-state index is 0.415. The summed E-state index contributed by atoms with van der Waals surface area (Å²) in [6.07, 6.45) is 12.6. The smallest absolute Gasteiger partial charge is 0.0327 e. The Morgan fingerprint density at radius 2 is 1.57 bits per heavy atom. The molecule has 0 aromatic rings. The highest BCUT2D eigenvalue weighted by molar-refractivity contribution is 4.96. The number of likely N-dealkylation sites (N-methyl/N-ethyl adjacent to an activating group) is 1. The maximum Gasteiger partial charge on any atom is 0.0327 e. The largest absolute Gasteiger partial charge is 0.312 e. The zero-order valence-corrected chi connectivity index (χ0v) is 15.2. The Morgan fingerprint density at radius 1 is 0.952 bits per heavy atom. The molecule has 0 bridgehead atoms. The number of nitrogens with zero attached hydrogens (tertiary/aromatic N) is 1.